The minimum Gasteiger partial charge on any atom is -0.496 e. The van der Waals surface area contributed by atoms with E-state index in [1.165, 1.54) is 17.7 Å². The lowest BCUT2D eigenvalue weighted by atomic mass is 10.0. The van der Waals surface area contributed by atoms with Gasteiger partial charge in [-0.3, -0.25) is 4.90 Å². The summed E-state index contributed by atoms with van der Waals surface area (Å²) in [6, 6.07) is 15.0. The third-order valence-electron chi connectivity index (χ3n) is 7.43. The van der Waals surface area contributed by atoms with Gasteiger partial charge in [0.1, 0.15) is 11.6 Å². The van der Waals surface area contributed by atoms with Crippen molar-refractivity contribution in [2.75, 3.05) is 69.5 Å². The number of hydrogen-bond donors (Lipinski definition) is 3. The number of aromatic nitrogens is 2. The molecule has 2 fully saturated rings. The van der Waals surface area contributed by atoms with Crippen LogP contribution in [0.2, 0.25) is 0 Å². The molecule has 0 aliphatic carbocycles. The highest BCUT2D eigenvalue weighted by Gasteiger charge is 2.23. The van der Waals surface area contributed by atoms with Crippen LogP contribution in [0.15, 0.2) is 42.5 Å². The maximum absolute atomic E-state index is 5.69. The molecule has 0 saturated carbocycles. The van der Waals surface area contributed by atoms with Gasteiger partial charge in [-0.15, -0.1) is 0 Å². The molecule has 1 aromatic heterocycles. The van der Waals surface area contributed by atoms with Crippen molar-refractivity contribution in [3.8, 4) is 5.75 Å². The number of likely N-dealkylation sites (tertiary alicyclic amines) is 1. The molecule has 2 aliphatic heterocycles. The van der Waals surface area contributed by atoms with E-state index in [0.29, 0.717) is 17.9 Å². The molecule has 8 nitrogen and oxygen atoms in total. The summed E-state index contributed by atoms with van der Waals surface area (Å²) >= 11 is 0. The van der Waals surface area contributed by atoms with Crippen molar-refractivity contribution in [2.45, 2.75) is 31.8 Å². The first kappa shape index (κ1) is 24.6. The standard InChI is InChI=1S/C28H39N7O/c1-34(2)25-9-6-10-26(36-3)23(25)19-35-15-12-21(13-16-35)31-27-22-7-4-5-8-24(22)32-28(33-27)30-18-20-11-14-29-17-20/h4-10,20-21,29H,11-19H2,1-3H3,(H2,30,31,32,33)/t20-/m0/s1. The van der Waals surface area contributed by atoms with Crippen LogP contribution in [0.4, 0.5) is 17.5 Å². The van der Waals surface area contributed by atoms with Crippen molar-refractivity contribution in [1.29, 1.82) is 0 Å². The van der Waals surface area contributed by atoms with E-state index >= 15 is 0 Å². The van der Waals surface area contributed by atoms with Gasteiger partial charge >= 0.3 is 0 Å². The van der Waals surface area contributed by atoms with E-state index in [-0.39, 0.29) is 0 Å². The number of rotatable bonds is 9. The van der Waals surface area contributed by atoms with Crippen molar-refractivity contribution in [3.63, 3.8) is 0 Å². The Hall–Kier alpha value is -3.10. The Bertz CT molecular complexity index is 1150. The van der Waals surface area contributed by atoms with Crippen LogP contribution in [0.25, 0.3) is 10.9 Å². The highest BCUT2D eigenvalue weighted by Crippen LogP contribution is 2.31. The zero-order chi connectivity index (χ0) is 24.9. The fourth-order valence-corrected chi connectivity index (χ4v) is 5.37. The molecule has 2 saturated heterocycles. The number of ether oxygens (including phenoxy) is 1. The van der Waals surface area contributed by atoms with E-state index in [0.717, 1.165) is 74.6 Å². The van der Waals surface area contributed by atoms with Gasteiger partial charge in [-0.2, -0.15) is 4.98 Å². The van der Waals surface area contributed by atoms with Gasteiger partial charge in [-0.1, -0.05) is 18.2 Å². The molecule has 3 N–H and O–H groups in total. The predicted molar refractivity (Wildman–Crippen MR) is 148 cm³/mol. The van der Waals surface area contributed by atoms with Gasteiger partial charge in [-0.05, 0) is 62.5 Å². The fraction of sp³-hybridized carbons (Fsp3) is 0.500. The molecule has 2 aliphatic rings. The number of anilines is 3. The summed E-state index contributed by atoms with van der Waals surface area (Å²) in [5.74, 6) is 3.25. The Balaban J connectivity index is 1.25. The zero-order valence-corrected chi connectivity index (χ0v) is 21.8. The van der Waals surface area contributed by atoms with Crippen LogP contribution in [0, 0.1) is 5.92 Å². The van der Waals surface area contributed by atoms with Gasteiger partial charge in [0, 0.05) is 63.0 Å². The molecule has 192 valence electrons. The van der Waals surface area contributed by atoms with Crippen molar-refractivity contribution in [3.05, 3.63) is 48.0 Å². The second-order valence-electron chi connectivity index (χ2n) is 10.2. The number of nitrogens with one attached hydrogen (secondary N) is 3. The lowest BCUT2D eigenvalue weighted by molar-refractivity contribution is 0.209. The molecule has 0 bridgehead atoms. The van der Waals surface area contributed by atoms with Gasteiger partial charge < -0.3 is 25.6 Å². The van der Waals surface area contributed by atoms with Crippen LogP contribution < -0.4 is 25.6 Å². The van der Waals surface area contributed by atoms with E-state index in [1.54, 1.807) is 7.11 Å². The van der Waals surface area contributed by atoms with E-state index in [4.69, 9.17) is 14.7 Å². The van der Waals surface area contributed by atoms with Gasteiger partial charge in [0.2, 0.25) is 5.95 Å². The number of methoxy groups -OCH3 is 1. The molecule has 0 unspecified atom stereocenters. The van der Waals surface area contributed by atoms with Crippen LogP contribution in [-0.2, 0) is 6.54 Å². The second kappa shape index (κ2) is 11.3. The number of fused-ring (bicyclic) bond motifs is 1. The largest absolute Gasteiger partial charge is 0.496 e. The van der Waals surface area contributed by atoms with Gasteiger partial charge in [0.05, 0.1) is 12.6 Å². The minimum absolute atomic E-state index is 0.387. The average molecular weight is 490 g/mol. The molecule has 5 rings (SSSR count). The summed E-state index contributed by atoms with van der Waals surface area (Å²) in [6.07, 6.45) is 3.34. The van der Waals surface area contributed by atoms with Crippen molar-refractivity contribution in [1.82, 2.24) is 20.2 Å². The number of para-hydroxylation sites is 1. The Morgan fingerprint density at radius 3 is 2.64 bits per heavy atom. The fourth-order valence-electron chi connectivity index (χ4n) is 5.37. The monoisotopic (exact) mass is 489 g/mol. The SMILES string of the molecule is COc1cccc(N(C)C)c1CN1CCC(Nc2nc(NC[C@H]3CCNC3)nc3ccccc23)CC1. The van der Waals surface area contributed by atoms with E-state index < -0.39 is 0 Å². The van der Waals surface area contributed by atoms with Crippen LogP contribution >= 0.6 is 0 Å². The molecule has 1 atom stereocenters. The summed E-state index contributed by atoms with van der Waals surface area (Å²) in [5.41, 5.74) is 3.45. The van der Waals surface area contributed by atoms with Gasteiger partial charge in [0.15, 0.2) is 0 Å². The molecule has 0 amide bonds. The van der Waals surface area contributed by atoms with E-state index in [9.17, 15) is 0 Å². The lowest BCUT2D eigenvalue weighted by Crippen LogP contribution is -2.39. The molecule has 3 aromatic rings. The number of hydrogen-bond acceptors (Lipinski definition) is 8. The molecule has 3 heterocycles. The Kier molecular flexibility index (Phi) is 7.72. The third-order valence-corrected chi connectivity index (χ3v) is 7.43. The first-order valence-electron chi connectivity index (χ1n) is 13.1. The van der Waals surface area contributed by atoms with Crippen molar-refractivity contribution in [2.24, 2.45) is 5.92 Å². The normalized spacial score (nSPS) is 18.9. The number of benzene rings is 2. The van der Waals surface area contributed by atoms with Crippen LogP contribution in [0.1, 0.15) is 24.8 Å². The molecule has 0 spiro atoms. The quantitative estimate of drug-likeness (QED) is 0.419. The third kappa shape index (κ3) is 5.65. The Labute approximate surface area is 214 Å². The Morgan fingerprint density at radius 1 is 1.06 bits per heavy atom. The maximum atomic E-state index is 5.69. The van der Waals surface area contributed by atoms with E-state index in [1.807, 2.05) is 6.07 Å². The van der Waals surface area contributed by atoms with E-state index in [2.05, 4.69) is 76.2 Å². The van der Waals surface area contributed by atoms with Crippen LogP contribution in [0.3, 0.4) is 0 Å². The summed E-state index contributed by atoms with van der Waals surface area (Å²) < 4.78 is 5.69. The second-order valence-corrected chi connectivity index (χ2v) is 10.2. The Morgan fingerprint density at radius 2 is 1.89 bits per heavy atom. The molecule has 8 heteroatoms. The molecule has 0 radical (unpaired) electrons. The van der Waals surface area contributed by atoms with Gasteiger partial charge in [0.25, 0.3) is 0 Å². The molecule has 36 heavy (non-hydrogen) atoms. The average Bonchev–Trinajstić information content (AvgIpc) is 3.42. The summed E-state index contributed by atoms with van der Waals surface area (Å²) in [4.78, 5) is 14.4. The maximum Gasteiger partial charge on any atom is 0.225 e. The lowest BCUT2D eigenvalue weighted by Gasteiger charge is -2.34. The minimum atomic E-state index is 0.387. The van der Waals surface area contributed by atoms with Crippen molar-refractivity contribution >= 4 is 28.4 Å². The smallest absolute Gasteiger partial charge is 0.225 e. The number of piperidine rings is 1. The topological polar surface area (TPSA) is 77.6 Å². The van der Waals surface area contributed by atoms with Crippen LogP contribution in [0.5, 0.6) is 5.75 Å². The van der Waals surface area contributed by atoms with Crippen LogP contribution in [-0.4, -0.2) is 74.8 Å². The summed E-state index contributed by atoms with van der Waals surface area (Å²) in [7, 11) is 5.94. The first-order valence-corrected chi connectivity index (χ1v) is 13.1. The number of nitrogens with zero attached hydrogens (tertiary/aromatic N) is 4. The highest BCUT2D eigenvalue weighted by molar-refractivity contribution is 5.90. The summed E-state index contributed by atoms with van der Waals surface area (Å²) in [6.45, 7) is 6.03. The molecular weight excluding hydrogens is 450 g/mol. The zero-order valence-electron chi connectivity index (χ0n) is 21.8. The highest BCUT2D eigenvalue weighted by atomic mass is 16.5. The molecular formula is C28H39N7O. The first-order chi connectivity index (χ1) is 17.6. The summed E-state index contributed by atoms with van der Waals surface area (Å²) in [5, 5.41) is 11.8. The predicted octanol–water partition coefficient (Wildman–Crippen LogP) is 3.80. The van der Waals surface area contributed by atoms with Crippen molar-refractivity contribution < 1.29 is 4.74 Å². The van der Waals surface area contributed by atoms with Gasteiger partial charge in [-0.25, -0.2) is 4.98 Å². The molecule has 2 aromatic carbocycles.